The van der Waals surface area contributed by atoms with Crippen LogP contribution in [0.4, 0.5) is 5.69 Å². The molecule has 3 aromatic rings. The molecule has 0 bridgehead atoms. The fraction of sp³-hybridized carbons (Fsp3) is 0.200. The van der Waals surface area contributed by atoms with E-state index in [0.717, 1.165) is 12.8 Å². The summed E-state index contributed by atoms with van der Waals surface area (Å²) in [4.78, 5) is 28.1. The van der Waals surface area contributed by atoms with Crippen LogP contribution in [0.3, 0.4) is 0 Å². The number of anilines is 1. The SMILES string of the molecule is CCCCOc1ccccc1NC(=O)c1c[nH]c2ccccc2c1=O. The standard InChI is InChI=1S/C20H20N2O3/c1-2-3-12-25-18-11-7-6-10-17(18)22-20(24)15-13-21-16-9-5-4-8-14(16)19(15)23/h4-11,13H,2-3,12H2,1H3,(H,21,23)(H,22,24). The topological polar surface area (TPSA) is 71.2 Å². The van der Waals surface area contributed by atoms with E-state index < -0.39 is 5.91 Å². The van der Waals surface area contributed by atoms with Gasteiger partial charge in [0.05, 0.1) is 12.3 Å². The second-order valence-corrected chi connectivity index (χ2v) is 5.73. The molecule has 5 nitrogen and oxygen atoms in total. The predicted octanol–water partition coefficient (Wildman–Crippen LogP) is 3.96. The highest BCUT2D eigenvalue weighted by Gasteiger charge is 2.14. The quantitative estimate of drug-likeness (QED) is 0.669. The van der Waals surface area contributed by atoms with Crippen molar-refractivity contribution in [2.24, 2.45) is 0 Å². The molecule has 0 spiro atoms. The van der Waals surface area contributed by atoms with Gasteiger partial charge in [0, 0.05) is 17.1 Å². The molecule has 128 valence electrons. The number of fused-ring (bicyclic) bond motifs is 1. The third kappa shape index (κ3) is 3.71. The van der Waals surface area contributed by atoms with E-state index in [1.807, 2.05) is 18.2 Å². The number of pyridine rings is 1. The first-order chi connectivity index (χ1) is 12.2. The predicted molar refractivity (Wildman–Crippen MR) is 99.4 cm³/mol. The van der Waals surface area contributed by atoms with Crippen LogP contribution in [0.25, 0.3) is 10.9 Å². The van der Waals surface area contributed by atoms with Gasteiger partial charge in [-0.05, 0) is 30.7 Å². The molecule has 2 aromatic carbocycles. The largest absolute Gasteiger partial charge is 0.491 e. The van der Waals surface area contributed by atoms with Gasteiger partial charge in [-0.3, -0.25) is 9.59 Å². The average Bonchev–Trinajstić information content (AvgIpc) is 2.64. The monoisotopic (exact) mass is 336 g/mol. The summed E-state index contributed by atoms with van der Waals surface area (Å²) in [5, 5.41) is 3.26. The van der Waals surface area contributed by atoms with Crippen molar-refractivity contribution >= 4 is 22.5 Å². The normalized spacial score (nSPS) is 10.6. The lowest BCUT2D eigenvalue weighted by Gasteiger charge is -2.12. The van der Waals surface area contributed by atoms with E-state index in [1.165, 1.54) is 6.20 Å². The van der Waals surface area contributed by atoms with Crippen LogP contribution in [-0.4, -0.2) is 17.5 Å². The van der Waals surface area contributed by atoms with Crippen LogP contribution >= 0.6 is 0 Å². The zero-order valence-corrected chi connectivity index (χ0v) is 14.0. The van der Waals surface area contributed by atoms with Crippen LogP contribution in [0.2, 0.25) is 0 Å². The molecule has 0 saturated carbocycles. The van der Waals surface area contributed by atoms with Crippen molar-refractivity contribution in [3.63, 3.8) is 0 Å². The minimum Gasteiger partial charge on any atom is -0.491 e. The molecule has 1 aromatic heterocycles. The minimum absolute atomic E-state index is 0.0714. The molecule has 0 fully saturated rings. The third-order valence-electron chi connectivity index (χ3n) is 3.92. The lowest BCUT2D eigenvalue weighted by atomic mass is 10.1. The summed E-state index contributed by atoms with van der Waals surface area (Å²) in [7, 11) is 0. The van der Waals surface area contributed by atoms with Gasteiger partial charge in [-0.2, -0.15) is 0 Å². The summed E-state index contributed by atoms with van der Waals surface area (Å²) >= 11 is 0. The first-order valence-electron chi connectivity index (χ1n) is 8.34. The van der Waals surface area contributed by atoms with Gasteiger partial charge in [-0.25, -0.2) is 0 Å². The molecule has 3 rings (SSSR count). The van der Waals surface area contributed by atoms with Crippen molar-refractivity contribution in [3.8, 4) is 5.75 Å². The second-order valence-electron chi connectivity index (χ2n) is 5.73. The molecule has 0 aliphatic carbocycles. The number of carbonyl (C=O) groups excluding carboxylic acids is 1. The Balaban J connectivity index is 1.86. The molecule has 0 unspecified atom stereocenters. The number of carbonyl (C=O) groups is 1. The zero-order valence-electron chi connectivity index (χ0n) is 14.0. The van der Waals surface area contributed by atoms with Crippen molar-refractivity contribution in [2.75, 3.05) is 11.9 Å². The molecule has 2 N–H and O–H groups in total. The van der Waals surface area contributed by atoms with Crippen LogP contribution in [0.5, 0.6) is 5.75 Å². The Labute approximate surface area is 145 Å². The highest BCUT2D eigenvalue weighted by molar-refractivity contribution is 6.06. The molecule has 0 atom stereocenters. The smallest absolute Gasteiger partial charge is 0.261 e. The lowest BCUT2D eigenvalue weighted by molar-refractivity contribution is 0.102. The van der Waals surface area contributed by atoms with Crippen LogP contribution in [0, 0.1) is 0 Å². The van der Waals surface area contributed by atoms with E-state index in [0.29, 0.717) is 28.9 Å². The van der Waals surface area contributed by atoms with E-state index in [9.17, 15) is 9.59 Å². The fourth-order valence-corrected chi connectivity index (χ4v) is 2.55. The van der Waals surface area contributed by atoms with Crippen molar-refractivity contribution in [2.45, 2.75) is 19.8 Å². The number of aromatic amines is 1. The van der Waals surface area contributed by atoms with E-state index in [-0.39, 0.29) is 11.0 Å². The average molecular weight is 336 g/mol. The van der Waals surface area contributed by atoms with Crippen molar-refractivity contribution in [3.05, 3.63) is 70.5 Å². The minimum atomic E-state index is -0.460. The molecular weight excluding hydrogens is 316 g/mol. The van der Waals surface area contributed by atoms with E-state index in [2.05, 4.69) is 17.2 Å². The third-order valence-corrected chi connectivity index (χ3v) is 3.92. The summed E-state index contributed by atoms with van der Waals surface area (Å²) < 4.78 is 5.71. The maximum Gasteiger partial charge on any atom is 0.261 e. The summed E-state index contributed by atoms with van der Waals surface area (Å²) in [6.45, 7) is 2.67. The van der Waals surface area contributed by atoms with Gasteiger partial charge in [-0.15, -0.1) is 0 Å². The molecule has 0 aliphatic heterocycles. The Kier molecular flexibility index (Phi) is 5.14. The van der Waals surface area contributed by atoms with Gasteiger partial charge in [-0.1, -0.05) is 37.6 Å². The van der Waals surface area contributed by atoms with Crippen molar-refractivity contribution in [1.82, 2.24) is 4.98 Å². The number of hydrogen-bond donors (Lipinski definition) is 2. The molecule has 0 aliphatic rings. The first kappa shape index (κ1) is 16.8. The Hall–Kier alpha value is -3.08. The molecule has 25 heavy (non-hydrogen) atoms. The molecule has 1 amide bonds. The fourth-order valence-electron chi connectivity index (χ4n) is 2.55. The van der Waals surface area contributed by atoms with Gasteiger partial charge >= 0.3 is 0 Å². The maximum absolute atomic E-state index is 12.6. The molecule has 0 saturated heterocycles. The van der Waals surface area contributed by atoms with Gasteiger partial charge in [0.1, 0.15) is 11.3 Å². The number of aromatic nitrogens is 1. The number of benzene rings is 2. The second kappa shape index (κ2) is 7.66. The van der Waals surface area contributed by atoms with Crippen molar-refractivity contribution < 1.29 is 9.53 Å². The number of rotatable bonds is 6. The number of amides is 1. The highest BCUT2D eigenvalue weighted by atomic mass is 16.5. The van der Waals surface area contributed by atoms with Crippen LogP contribution < -0.4 is 15.5 Å². The Morgan fingerprint density at radius 3 is 2.72 bits per heavy atom. The van der Waals surface area contributed by atoms with Crippen LogP contribution in [-0.2, 0) is 0 Å². The maximum atomic E-state index is 12.6. The van der Waals surface area contributed by atoms with Crippen LogP contribution in [0.1, 0.15) is 30.1 Å². The highest BCUT2D eigenvalue weighted by Crippen LogP contribution is 2.24. The lowest BCUT2D eigenvalue weighted by Crippen LogP contribution is -2.22. The van der Waals surface area contributed by atoms with Gasteiger partial charge < -0.3 is 15.0 Å². The zero-order chi connectivity index (χ0) is 17.6. The summed E-state index contributed by atoms with van der Waals surface area (Å²) in [5.74, 6) is 0.139. The molecular formula is C20H20N2O3. The summed E-state index contributed by atoms with van der Waals surface area (Å²) in [6, 6.07) is 14.3. The van der Waals surface area contributed by atoms with E-state index >= 15 is 0 Å². The molecule has 5 heteroatoms. The van der Waals surface area contributed by atoms with Gasteiger partial charge in [0.2, 0.25) is 5.43 Å². The van der Waals surface area contributed by atoms with Gasteiger partial charge in [0.15, 0.2) is 0 Å². The first-order valence-corrected chi connectivity index (χ1v) is 8.34. The number of H-pyrrole nitrogens is 1. The molecule has 0 radical (unpaired) electrons. The summed E-state index contributed by atoms with van der Waals surface area (Å²) in [6.07, 6.45) is 3.41. The number of nitrogens with one attached hydrogen (secondary N) is 2. The van der Waals surface area contributed by atoms with E-state index in [4.69, 9.17) is 4.74 Å². The Bertz CT molecular complexity index is 947. The number of para-hydroxylation sites is 3. The van der Waals surface area contributed by atoms with Crippen molar-refractivity contribution in [1.29, 1.82) is 0 Å². The number of ether oxygens (including phenoxy) is 1. The summed E-state index contributed by atoms with van der Waals surface area (Å²) in [5.41, 5.74) is 1.03. The Morgan fingerprint density at radius 1 is 1.12 bits per heavy atom. The number of hydrogen-bond acceptors (Lipinski definition) is 3. The number of unbranched alkanes of at least 4 members (excludes halogenated alkanes) is 1. The Morgan fingerprint density at radius 2 is 1.88 bits per heavy atom. The van der Waals surface area contributed by atoms with Gasteiger partial charge in [0.25, 0.3) is 5.91 Å². The van der Waals surface area contributed by atoms with E-state index in [1.54, 1.807) is 30.3 Å². The van der Waals surface area contributed by atoms with Crippen LogP contribution in [0.15, 0.2) is 59.5 Å². The molecule has 1 heterocycles.